The second-order valence-corrected chi connectivity index (χ2v) is 7.37. The van der Waals surface area contributed by atoms with E-state index >= 15 is 0 Å². The topological polar surface area (TPSA) is 29.1 Å². The van der Waals surface area contributed by atoms with Crippen molar-refractivity contribution in [3.63, 3.8) is 0 Å². The zero-order valence-electron chi connectivity index (χ0n) is 13.4. The number of hydrogen-bond donors (Lipinski definition) is 1. The molecule has 126 valence electrons. The van der Waals surface area contributed by atoms with Crippen LogP contribution in [-0.4, -0.2) is 11.2 Å². The summed E-state index contributed by atoms with van der Waals surface area (Å²) in [7, 11) is 0. The van der Waals surface area contributed by atoms with Crippen molar-refractivity contribution in [3.8, 4) is 0 Å². The lowest BCUT2D eigenvalue weighted by Gasteiger charge is -2.27. The van der Waals surface area contributed by atoms with Gasteiger partial charge in [-0.1, -0.05) is 24.3 Å². The molecule has 2 atom stereocenters. The van der Waals surface area contributed by atoms with Gasteiger partial charge in [0.15, 0.2) is 0 Å². The highest BCUT2D eigenvalue weighted by Crippen LogP contribution is 2.31. The van der Waals surface area contributed by atoms with Crippen molar-refractivity contribution in [1.29, 1.82) is 0 Å². The molecule has 2 nitrogen and oxygen atoms in total. The van der Waals surface area contributed by atoms with Crippen LogP contribution in [0.3, 0.4) is 0 Å². The van der Waals surface area contributed by atoms with E-state index in [1.54, 1.807) is 6.92 Å². The summed E-state index contributed by atoms with van der Waals surface area (Å²) >= 11 is 1.04. The molecule has 3 rings (SSSR count). The Labute approximate surface area is 144 Å². The molecule has 2 aromatic carbocycles. The van der Waals surface area contributed by atoms with Gasteiger partial charge in [-0.25, -0.2) is 8.78 Å². The van der Waals surface area contributed by atoms with Crippen molar-refractivity contribution in [1.82, 2.24) is 5.32 Å². The standard InChI is InChI=1S/C19H19F2NOS/c1-12(24-18-11-14(20)9-10-16(18)21)19(23)22-17-8-4-6-13-5-2-3-7-15(13)17/h2-3,5,7,9-12,17H,4,6,8H2,1H3,(H,22,23)/t12-,17-/m1/s1. The minimum atomic E-state index is -0.510. The van der Waals surface area contributed by atoms with Gasteiger partial charge in [-0.2, -0.15) is 0 Å². The summed E-state index contributed by atoms with van der Waals surface area (Å²) in [5.74, 6) is -1.18. The first-order chi connectivity index (χ1) is 11.5. The zero-order chi connectivity index (χ0) is 17.1. The summed E-state index contributed by atoms with van der Waals surface area (Å²) in [6.07, 6.45) is 2.96. The van der Waals surface area contributed by atoms with Gasteiger partial charge in [-0.05, 0) is 55.5 Å². The third-order valence-corrected chi connectivity index (χ3v) is 5.39. The van der Waals surface area contributed by atoms with E-state index in [4.69, 9.17) is 0 Å². The van der Waals surface area contributed by atoms with E-state index in [-0.39, 0.29) is 16.8 Å². The maximum absolute atomic E-state index is 13.7. The maximum atomic E-state index is 13.7. The number of benzene rings is 2. The van der Waals surface area contributed by atoms with Crippen LogP contribution in [0.5, 0.6) is 0 Å². The van der Waals surface area contributed by atoms with Crippen molar-refractivity contribution in [2.45, 2.75) is 42.4 Å². The normalized spacial score (nSPS) is 17.9. The number of fused-ring (bicyclic) bond motifs is 1. The van der Waals surface area contributed by atoms with Gasteiger partial charge in [0.25, 0.3) is 0 Å². The fraction of sp³-hybridized carbons (Fsp3) is 0.316. The van der Waals surface area contributed by atoms with Gasteiger partial charge in [0, 0.05) is 4.90 Å². The monoisotopic (exact) mass is 347 g/mol. The highest BCUT2D eigenvalue weighted by atomic mass is 32.2. The van der Waals surface area contributed by atoms with Crippen LogP contribution in [0, 0.1) is 11.6 Å². The number of halogens is 2. The lowest BCUT2D eigenvalue weighted by atomic mass is 9.88. The molecule has 24 heavy (non-hydrogen) atoms. The van der Waals surface area contributed by atoms with Crippen molar-refractivity contribution >= 4 is 17.7 Å². The Kier molecular flexibility index (Phi) is 5.19. The van der Waals surface area contributed by atoms with Gasteiger partial charge in [-0.15, -0.1) is 11.8 Å². The van der Waals surface area contributed by atoms with Crippen molar-refractivity contribution in [2.75, 3.05) is 0 Å². The van der Waals surface area contributed by atoms with E-state index in [1.165, 1.54) is 5.56 Å². The highest BCUT2D eigenvalue weighted by Gasteiger charge is 2.24. The van der Waals surface area contributed by atoms with Gasteiger partial charge in [-0.3, -0.25) is 4.79 Å². The van der Waals surface area contributed by atoms with Crippen molar-refractivity contribution in [2.24, 2.45) is 0 Å². The van der Waals surface area contributed by atoms with Crippen LogP contribution in [0.2, 0.25) is 0 Å². The number of amides is 1. The molecule has 0 saturated carbocycles. The molecule has 0 fully saturated rings. The number of rotatable bonds is 4. The third kappa shape index (κ3) is 3.78. The van der Waals surface area contributed by atoms with Gasteiger partial charge < -0.3 is 5.32 Å². The maximum Gasteiger partial charge on any atom is 0.233 e. The van der Waals surface area contributed by atoms with E-state index in [1.807, 2.05) is 18.2 Å². The Morgan fingerprint density at radius 2 is 2.04 bits per heavy atom. The Morgan fingerprint density at radius 3 is 2.88 bits per heavy atom. The van der Waals surface area contributed by atoms with Gasteiger partial charge in [0.1, 0.15) is 11.6 Å². The number of thioether (sulfide) groups is 1. The van der Waals surface area contributed by atoms with Crippen LogP contribution < -0.4 is 5.32 Å². The zero-order valence-corrected chi connectivity index (χ0v) is 14.2. The van der Waals surface area contributed by atoms with Gasteiger partial charge in [0.05, 0.1) is 11.3 Å². The molecule has 1 amide bonds. The molecule has 0 spiro atoms. The molecule has 1 aliphatic carbocycles. The van der Waals surface area contributed by atoms with E-state index in [0.717, 1.165) is 54.8 Å². The second kappa shape index (κ2) is 7.34. The van der Waals surface area contributed by atoms with Crippen LogP contribution in [0.1, 0.15) is 36.9 Å². The fourth-order valence-corrected chi connectivity index (χ4v) is 3.92. The van der Waals surface area contributed by atoms with Gasteiger partial charge in [0.2, 0.25) is 5.91 Å². The summed E-state index contributed by atoms with van der Waals surface area (Å²) in [6, 6.07) is 11.4. The molecule has 0 bridgehead atoms. The SMILES string of the molecule is C[C@@H](Sc1cc(F)ccc1F)C(=O)N[C@@H]1CCCc2ccccc21. The van der Waals surface area contributed by atoms with Crippen LogP contribution in [-0.2, 0) is 11.2 Å². The summed E-state index contributed by atoms with van der Waals surface area (Å²) < 4.78 is 27.0. The Balaban J connectivity index is 1.68. The molecular weight excluding hydrogens is 328 g/mol. The summed E-state index contributed by atoms with van der Waals surface area (Å²) in [6.45, 7) is 1.71. The van der Waals surface area contributed by atoms with Crippen LogP contribution in [0.4, 0.5) is 8.78 Å². The molecule has 2 aromatic rings. The first kappa shape index (κ1) is 17.0. The molecule has 0 aliphatic heterocycles. The number of carbonyl (C=O) groups is 1. The third-order valence-electron chi connectivity index (χ3n) is 4.25. The van der Waals surface area contributed by atoms with Gasteiger partial charge >= 0.3 is 0 Å². The largest absolute Gasteiger partial charge is 0.348 e. The first-order valence-electron chi connectivity index (χ1n) is 8.04. The fourth-order valence-electron chi connectivity index (χ4n) is 3.00. The summed E-state index contributed by atoms with van der Waals surface area (Å²) in [5, 5.41) is 2.55. The molecular formula is C19H19F2NOS. The quantitative estimate of drug-likeness (QED) is 0.817. The van der Waals surface area contributed by atoms with E-state index in [0.29, 0.717) is 0 Å². The molecule has 5 heteroatoms. The average Bonchev–Trinajstić information content (AvgIpc) is 2.58. The Morgan fingerprint density at radius 1 is 1.25 bits per heavy atom. The van der Waals surface area contributed by atoms with Crippen molar-refractivity contribution in [3.05, 3.63) is 65.2 Å². The smallest absolute Gasteiger partial charge is 0.233 e. The molecule has 1 N–H and O–H groups in total. The highest BCUT2D eigenvalue weighted by molar-refractivity contribution is 8.00. The number of carbonyl (C=O) groups excluding carboxylic acids is 1. The minimum Gasteiger partial charge on any atom is -0.348 e. The second-order valence-electron chi connectivity index (χ2n) is 5.99. The molecule has 0 radical (unpaired) electrons. The molecule has 0 unspecified atom stereocenters. The summed E-state index contributed by atoms with van der Waals surface area (Å²) in [4.78, 5) is 12.6. The predicted molar refractivity (Wildman–Crippen MR) is 91.9 cm³/mol. The lowest BCUT2D eigenvalue weighted by molar-refractivity contribution is -0.121. The number of aryl methyl sites for hydroxylation is 1. The molecule has 0 saturated heterocycles. The molecule has 1 aliphatic rings. The van der Waals surface area contributed by atoms with Crippen LogP contribution in [0.15, 0.2) is 47.4 Å². The lowest BCUT2D eigenvalue weighted by Crippen LogP contribution is -2.35. The number of nitrogens with one attached hydrogen (secondary N) is 1. The summed E-state index contributed by atoms with van der Waals surface area (Å²) in [5.41, 5.74) is 2.43. The van der Waals surface area contributed by atoms with E-state index in [9.17, 15) is 13.6 Å². The Hall–Kier alpha value is -1.88. The Bertz CT molecular complexity index is 750. The van der Waals surface area contributed by atoms with Crippen LogP contribution >= 0.6 is 11.8 Å². The van der Waals surface area contributed by atoms with Crippen molar-refractivity contribution < 1.29 is 13.6 Å². The van der Waals surface area contributed by atoms with E-state index in [2.05, 4.69) is 11.4 Å². The van der Waals surface area contributed by atoms with E-state index < -0.39 is 16.9 Å². The first-order valence-corrected chi connectivity index (χ1v) is 8.92. The predicted octanol–water partition coefficient (Wildman–Crippen LogP) is 4.64. The number of hydrogen-bond acceptors (Lipinski definition) is 2. The average molecular weight is 347 g/mol. The minimum absolute atomic E-state index is 0.0112. The molecule has 0 aromatic heterocycles. The van der Waals surface area contributed by atoms with Crippen LogP contribution in [0.25, 0.3) is 0 Å². The molecule has 0 heterocycles.